The Kier molecular flexibility index (Phi) is 3.81. The topological polar surface area (TPSA) is 58.0 Å². The molecule has 0 saturated heterocycles. The van der Waals surface area contributed by atoms with Crippen LogP contribution >= 0.6 is 0 Å². The van der Waals surface area contributed by atoms with Crippen molar-refractivity contribution in [3.8, 4) is 16.9 Å². The number of rotatable bonds is 3. The van der Waals surface area contributed by atoms with Crippen molar-refractivity contribution < 1.29 is 17.9 Å². The molecule has 0 bridgehead atoms. The molecule has 4 nitrogen and oxygen atoms in total. The third-order valence-electron chi connectivity index (χ3n) is 2.43. The molecule has 0 atom stereocenters. The van der Waals surface area contributed by atoms with Gasteiger partial charge >= 0.3 is 6.36 Å². The molecule has 0 aromatic heterocycles. The molecule has 0 aliphatic rings. The van der Waals surface area contributed by atoms with E-state index in [-0.39, 0.29) is 5.75 Å². The van der Waals surface area contributed by atoms with Crippen molar-refractivity contribution in [3.05, 3.63) is 59.0 Å². The first-order chi connectivity index (χ1) is 9.48. The van der Waals surface area contributed by atoms with Crippen molar-refractivity contribution in [1.29, 1.82) is 0 Å². The molecule has 7 heteroatoms. The second-order valence-electron chi connectivity index (χ2n) is 3.81. The highest BCUT2D eigenvalue weighted by Gasteiger charge is 2.30. The van der Waals surface area contributed by atoms with Crippen molar-refractivity contribution in [2.45, 2.75) is 6.36 Å². The van der Waals surface area contributed by atoms with E-state index in [0.717, 1.165) is 5.56 Å². The van der Waals surface area contributed by atoms with Gasteiger partial charge in [0.05, 0.1) is 0 Å². The van der Waals surface area contributed by atoms with Crippen LogP contribution in [0.1, 0.15) is 0 Å². The molecule has 2 rings (SSSR count). The molecule has 0 radical (unpaired) electrons. The van der Waals surface area contributed by atoms with Crippen LogP contribution in [0, 0.1) is 0 Å². The van der Waals surface area contributed by atoms with E-state index in [9.17, 15) is 13.2 Å². The Bertz CT molecular complexity index is 647. The van der Waals surface area contributed by atoms with Crippen LogP contribution in [0.2, 0.25) is 0 Å². The third-order valence-corrected chi connectivity index (χ3v) is 2.43. The van der Waals surface area contributed by atoms with E-state index in [1.165, 1.54) is 24.3 Å². The van der Waals surface area contributed by atoms with Crippen LogP contribution in [0.15, 0.2) is 53.6 Å². The predicted molar refractivity (Wildman–Crippen MR) is 67.4 cm³/mol. The first-order valence-electron chi connectivity index (χ1n) is 5.49. The zero-order chi connectivity index (χ0) is 14.6. The number of nitrogens with zero attached hydrogens (tertiary/aromatic N) is 3. The Morgan fingerprint density at radius 3 is 2.30 bits per heavy atom. The average molecular weight is 279 g/mol. The molecule has 0 N–H and O–H groups in total. The van der Waals surface area contributed by atoms with Gasteiger partial charge in [-0.3, -0.25) is 0 Å². The van der Waals surface area contributed by atoms with E-state index in [0.29, 0.717) is 11.3 Å². The molecule has 0 saturated carbocycles. The van der Waals surface area contributed by atoms with Crippen LogP contribution in [0.4, 0.5) is 18.9 Å². The first-order valence-corrected chi connectivity index (χ1v) is 5.49. The summed E-state index contributed by atoms with van der Waals surface area (Å²) in [5.41, 5.74) is 10.2. The van der Waals surface area contributed by atoms with Gasteiger partial charge in [-0.2, -0.15) is 0 Å². The summed E-state index contributed by atoms with van der Waals surface area (Å²) in [4.78, 5) is 2.68. The van der Waals surface area contributed by atoms with Gasteiger partial charge in [-0.1, -0.05) is 35.4 Å². The predicted octanol–water partition coefficient (Wildman–Crippen LogP) is 5.19. The molecule has 0 aliphatic carbocycles. The summed E-state index contributed by atoms with van der Waals surface area (Å²) in [5, 5.41) is 3.47. The van der Waals surface area contributed by atoms with Crippen molar-refractivity contribution in [2.24, 2.45) is 5.11 Å². The number of azide groups is 1. The number of alkyl halides is 3. The second-order valence-corrected chi connectivity index (χ2v) is 3.81. The number of hydrogen-bond donors (Lipinski definition) is 0. The number of hydrogen-bond acceptors (Lipinski definition) is 2. The quantitative estimate of drug-likeness (QED) is 0.433. The van der Waals surface area contributed by atoms with Gasteiger partial charge in [0, 0.05) is 10.6 Å². The number of ether oxygens (including phenoxy) is 1. The van der Waals surface area contributed by atoms with E-state index in [2.05, 4.69) is 14.8 Å². The molecule has 2 aromatic carbocycles. The molecule has 0 spiro atoms. The van der Waals surface area contributed by atoms with Gasteiger partial charge in [0.2, 0.25) is 0 Å². The molecule has 0 fully saturated rings. The lowest BCUT2D eigenvalue weighted by atomic mass is 10.1. The van der Waals surface area contributed by atoms with E-state index >= 15 is 0 Å². The minimum absolute atomic E-state index is 0.285. The molecule has 102 valence electrons. The van der Waals surface area contributed by atoms with Crippen LogP contribution in [-0.2, 0) is 0 Å². The lowest BCUT2D eigenvalue weighted by Gasteiger charge is -2.09. The van der Waals surface area contributed by atoms with Crippen LogP contribution in [0.5, 0.6) is 5.75 Å². The second kappa shape index (κ2) is 5.54. The van der Waals surface area contributed by atoms with Crippen molar-refractivity contribution in [3.63, 3.8) is 0 Å². The van der Waals surface area contributed by atoms with Gasteiger partial charge in [0.25, 0.3) is 0 Å². The van der Waals surface area contributed by atoms with E-state index < -0.39 is 6.36 Å². The number of benzene rings is 2. The summed E-state index contributed by atoms with van der Waals surface area (Å²) in [7, 11) is 0. The Balaban J connectivity index is 2.26. The lowest BCUT2D eigenvalue weighted by Crippen LogP contribution is -2.16. The summed E-state index contributed by atoms with van der Waals surface area (Å²) < 4.78 is 39.9. The highest BCUT2D eigenvalue weighted by atomic mass is 19.4. The van der Waals surface area contributed by atoms with Gasteiger partial charge < -0.3 is 4.74 Å². The van der Waals surface area contributed by atoms with Crippen molar-refractivity contribution in [1.82, 2.24) is 0 Å². The Hall–Kier alpha value is -2.66. The Morgan fingerprint density at radius 2 is 1.70 bits per heavy atom. The Labute approximate surface area is 112 Å². The molecular formula is C13H8F3N3O. The van der Waals surface area contributed by atoms with Crippen LogP contribution in [-0.4, -0.2) is 6.36 Å². The van der Waals surface area contributed by atoms with Gasteiger partial charge in [-0.25, -0.2) is 0 Å². The zero-order valence-electron chi connectivity index (χ0n) is 10.0. The van der Waals surface area contributed by atoms with E-state index in [4.69, 9.17) is 5.53 Å². The normalized spacial score (nSPS) is 10.8. The minimum atomic E-state index is -4.71. The van der Waals surface area contributed by atoms with Crippen LogP contribution in [0.25, 0.3) is 21.6 Å². The molecule has 0 unspecified atom stereocenters. The summed E-state index contributed by atoms with van der Waals surface area (Å²) in [6.07, 6.45) is -4.71. The standard InChI is InChI=1S/C13H8F3N3O/c14-13(15,16)20-12-6-4-9(5-7-12)10-2-1-3-11(8-10)18-19-17/h1-8H. The molecule has 0 heterocycles. The molecule has 0 aliphatic heterocycles. The van der Waals surface area contributed by atoms with Gasteiger partial charge in [-0.05, 0) is 34.9 Å². The smallest absolute Gasteiger partial charge is 0.406 e. The maximum Gasteiger partial charge on any atom is 0.573 e. The fourth-order valence-electron chi connectivity index (χ4n) is 1.65. The maximum absolute atomic E-state index is 12.0. The molecular weight excluding hydrogens is 271 g/mol. The third kappa shape index (κ3) is 3.66. The first kappa shape index (κ1) is 13.8. The Morgan fingerprint density at radius 1 is 1.00 bits per heavy atom. The average Bonchev–Trinajstić information content (AvgIpc) is 2.38. The van der Waals surface area contributed by atoms with Gasteiger partial charge in [0.1, 0.15) is 5.75 Å². The van der Waals surface area contributed by atoms with E-state index in [1.807, 2.05) is 0 Å². The maximum atomic E-state index is 12.0. The summed E-state index contributed by atoms with van der Waals surface area (Å²) in [5.74, 6) is -0.285. The van der Waals surface area contributed by atoms with Crippen molar-refractivity contribution >= 4 is 5.69 Å². The fraction of sp³-hybridized carbons (Fsp3) is 0.0769. The molecule has 20 heavy (non-hydrogen) atoms. The summed E-state index contributed by atoms with van der Waals surface area (Å²) in [6, 6.07) is 12.2. The highest BCUT2D eigenvalue weighted by Crippen LogP contribution is 2.28. The van der Waals surface area contributed by atoms with Gasteiger partial charge in [0.15, 0.2) is 0 Å². The van der Waals surface area contributed by atoms with E-state index in [1.54, 1.807) is 24.3 Å². The van der Waals surface area contributed by atoms with Crippen LogP contribution in [0.3, 0.4) is 0 Å². The van der Waals surface area contributed by atoms with Gasteiger partial charge in [-0.15, -0.1) is 13.2 Å². The molecule has 2 aromatic rings. The SMILES string of the molecule is [N-]=[N+]=Nc1cccc(-c2ccc(OC(F)(F)F)cc2)c1. The summed E-state index contributed by atoms with van der Waals surface area (Å²) in [6.45, 7) is 0. The number of halogens is 3. The lowest BCUT2D eigenvalue weighted by molar-refractivity contribution is -0.274. The van der Waals surface area contributed by atoms with Crippen LogP contribution < -0.4 is 4.74 Å². The van der Waals surface area contributed by atoms with Crippen molar-refractivity contribution in [2.75, 3.05) is 0 Å². The minimum Gasteiger partial charge on any atom is -0.406 e. The largest absolute Gasteiger partial charge is 0.573 e. The monoisotopic (exact) mass is 279 g/mol. The summed E-state index contributed by atoms with van der Waals surface area (Å²) >= 11 is 0. The highest BCUT2D eigenvalue weighted by molar-refractivity contribution is 5.67. The molecule has 0 amide bonds. The zero-order valence-corrected chi connectivity index (χ0v) is 10.0. The fourth-order valence-corrected chi connectivity index (χ4v) is 1.65.